The van der Waals surface area contributed by atoms with E-state index in [2.05, 4.69) is 10.4 Å². The molecule has 1 N–H and O–H groups in total. The Morgan fingerprint density at radius 3 is 2.64 bits per heavy atom. The van der Waals surface area contributed by atoms with Gasteiger partial charge in [-0.1, -0.05) is 26.0 Å². The first kappa shape index (κ1) is 17.4. The van der Waals surface area contributed by atoms with E-state index in [-0.39, 0.29) is 30.2 Å². The Morgan fingerprint density at radius 1 is 1.24 bits per heavy atom. The van der Waals surface area contributed by atoms with E-state index in [4.69, 9.17) is 0 Å². The Bertz CT molecular complexity index is 825. The van der Waals surface area contributed by atoms with Crippen LogP contribution in [0.5, 0.6) is 0 Å². The zero-order valence-corrected chi connectivity index (χ0v) is 15.0. The Kier molecular flexibility index (Phi) is 5.28. The summed E-state index contributed by atoms with van der Waals surface area (Å²) in [6.07, 6.45) is 1.80. The van der Waals surface area contributed by atoms with Gasteiger partial charge in [-0.3, -0.25) is 9.48 Å². The SMILES string of the molecule is CC(C)C(NC(=O)Cn1ccc(-c2ccsc2)n1)c1ccc(F)cc1. The topological polar surface area (TPSA) is 46.9 Å². The van der Waals surface area contributed by atoms with Crippen molar-refractivity contribution in [3.8, 4) is 11.3 Å². The van der Waals surface area contributed by atoms with Gasteiger partial charge in [0.1, 0.15) is 12.4 Å². The van der Waals surface area contributed by atoms with E-state index < -0.39 is 0 Å². The third kappa shape index (κ3) is 4.33. The Labute approximate surface area is 150 Å². The van der Waals surface area contributed by atoms with Gasteiger partial charge in [-0.15, -0.1) is 0 Å². The number of thiophene rings is 1. The average Bonchev–Trinajstić information content (AvgIpc) is 3.24. The van der Waals surface area contributed by atoms with Gasteiger partial charge in [-0.25, -0.2) is 4.39 Å². The van der Waals surface area contributed by atoms with E-state index in [1.807, 2.05) is 36.7 Å². The van der Waals surface area contributed by atoms with Gasteiger partial charge in [0.25, 0.3) is 0 Å². The third-order valence-electron chi connectivity index (χ3n) is 3.98. The Morgan fingerprint density at radius 2 is 2.00 bits per heavy atom. The standard InChI is InChI=1S/C19H20FN3OS/c1-13(2)19(14-3-5-16(20)6-4-14)21-18(24)11-23-9-7-17(22-23)15-8-10-25-12-15/h3-10,12-13,19H,11H2,1-2H3,(H,21,24). The van der Waals surface area contributed by atoms with E-state index in [1.165, 1.54) is 12.1 Å². The van der Waals surface area contributed by atoms with Crippen LogP contribution in [0.4, 0.5) is 4.39 Å². The largest absolute Gasteiger partial charge is 0.347 e. The molecule has 0 aliphatic heterocycles. The van der Waals surface area contributed by atoms with Crippen molar-refractivity contribution in [2.45, 2.75) is 26.4 Å². The zero-order valence-electron chi connectivity index (χ0n) is 14.1. The average molecular weight is 357 g/mol. The number of aromatic nitrogens is 2. The molecule has 25 heavy (non-hydrogen) atoms. The highest BCUT2D eigenvalue weighted by Gasteiger charge is 2.19. The number of rotatable bonds is 6. The molecule has 0 fully saturated rings. The van der Waals surface area contributed by atoms with Crippen molar-refractivity contribution in [3.05, 3.63) is 64.7 Å². The van der Waals surface area contributed by atoms with Gasteiger partial charge in [0.2, 0.25) is 5.91 Å². The lowest BCUT2D eigenvalue weighted by molar-refractivity contribution is -0.122. The highest BCUT2D eigenvalue weighted by molar-refractivity contribution is 7.08. The molecule has 130 valence electrons. The van der Waals surface area contributed by atoms with Crippen LogP contribution in [0.25, 0.3) is 11.3 Å². The van der Waals surface area contributed by atoms with Crippen LogP contribution in [0, 0.1) is 11.7 Å². The van der Waals surface area contributed by atoms with E-state index in [0.29, 0.717) is 0 Å². The molecule has 0 aliphatic rings. The molecule has 0 radical (unpaired) electrons. The smallest absolute Gasteiger partial charge is 0.242 e. The quantitative estimate of drug-likeness (QED) is 0.716. The van der Waals surface area contributed by atoms with Gasteiger partial charge in [0, 0.05) is 17.1 Å². The van der Waals surface area contributed by atoms with E-state index in [0.717, 1.165) is 16.8 Å². The maximum atomic E-state index is 13.1. The summed E-state index contributed by atoms with van der Waals surface area (Å²) in [5.74, 6) is -0.216. The molecular formula is C19H20FN3OS. The fourth-order valence-corrected chi connectivity index (χ4v) is 3.33. The molecular weight excluding hydrogens is 337 g/mol. The van der Waals surface area contributed by atoms with Crippen molar-refractivity contribution in [1.82, 2.24) is 15.1 Å². The van der Waals surface area contributed by atoms with Crippen LogP contribution in [-0.4, -0.2) is 15.7 Å². The summed E-state index contributed by atoms with van der Waals surface area (Å²) >= 11 is 1.61. The molecule has 0 bridgehead atoms. The minimum atomic E-state index is -0.282. The van der Waals surface area contributed by atoms with Gasteiger partial charge >= 0.3 is 0 Å². The number of carbonyl (C=O) groups is 1. The second kappa shape index (κ2) is 7.61. The van der Waals surface area contributed by atoms with Crippen LogP contribution in [0.2, 0.25) is 0 Å². The maximum Gasteiger partial charge on any atom is 0.242 e. The van der Waals surface area contributed by atoms with Crippen LogP contribution in [0.3, 0.4) is 0 Å². The molecule has 2 aromatic heterocycles. The molecule has 0 saturated heterocycles. The number of nitrogens with one attached hydrogen (secondary N) is 1. The van der Waals surface area contributed by atoms with Crippen LogP contribution < -0.4 is 5.32 Å². The Balaban J connectivity index is 1.67. The maximum absolute atomic E-state index is 13.1. The lowest BCUT2D eigenvalue weighted by atomic mass is 9.96. The molecule has 0 saturated carbocycles. The number of benzene rings is 1. The van der Waals surface area contributed by atoms with Gasteiger partial charge < -0.3 is 5.32 Å². The summed E-state index contributed by atoms with van der Waals surface area (Å²) < 4.78 is 14.8. The number of halogens is 1. The molecule has 6 heteroatoms. The van der Waals surface area contributed by atoms with Gasteiger partial charge in [0.15, 0.2) is 0 Å². The highest BCUT2D eigenvalue weighted by atomic mass is 32.1. The normalized spacial score (nSPS) is 12.3. The fraction of sp³-hybridized carbons (Fsp3) is 0.263. The van der Waals surface area contributed by atoms with E-state index in [9.17, 15) is 9.18 Å². The van der Waals surface area contributed by atoms with Crippen molar-refractivity contribution in [3.63, 3.8) is 0 Å². The summed E-state index contributed by atoms with van der Waals surface area (Å²) in [7, 11) is 0. The van der Waals surface area contributed by atoms with Gasteiger partial charge in [-0.2, -0.15) is 16.4 Å². The number of amides is 1. The fourth-order valence-electron chi connectivity index (χ4n) is 2.69. The zero-order chi connectivity index (χ0) is 17.8. The lowest BCUT2D eigenvalue weighted by Crippen LogP contribution is -2.34. The van der Waals surface area contributed by atoms with Gasteiger partial charge in [0.05, 0.1) is 11.7 Å². The number of carbonyl (C=O) groups excluding carboxylic acids is 1. The van der Waals surface area contributed by atoms with Crippen LogP contribution in [-0.2, 0) is 11.3 Å². The summed E-state index contributed by atoms with van der Waals surface area (Å²) in [6, 6.07) is 9.98. The van der Waals surface area contributed by atoms with Crippen molar-refractivity contribution in [1.29, 1.82) is 0 Å². The van der Waals surface area contributed by atoms with Crippen LogP contribution in [0.1, 0.15) is 25.5 Å². The number of hydrogen-bond acceptors (Lipinski definition) is 3. The minimum absolute atomic E-state index is 0.122. The molecule has 0 aliphatic carbocycles. The third-order valence-corrected chi connectivity index (χ3v) is 4.66. The first-order valence-corrected chi connectivity index (χ1v) is 9.08. The predicted molar refractivity (Wildman–Crippen MR) is 97.7 cm³/mol. The molecule has 1 unspecified atom stereocenters. The monoisotopic (exact) mass is 357 g/mol. The Hall–Kier alpha value is -2.47. The summed E-state index contributed by atoms with van der Waals surface area (Å²) in [4.78, 5) is 12.4. The lowest BCUT2D eigenvalue weighted by Gasteiger charge is -2.23. The minimum Gasteiger partial charge on any atom is -0.347 e. The molecule has 0 spiro atoms. The summed E-state index contributed by atoms with van der Waals surface area (Å²) in [5, 5.41) is 11.5. The second-order valence-electron chi connectivity index (χ2n) is 6.25. The molecule has 1 amide bonds. The van der Waals surface area contributed by atoms with Gasteiger partial charge in [-0.05, 0) is 41.1 Å². The van der Waals surface area contributed by atoms with Crippen LogP contribution >= 0.6 is 11.3 Å². The molecule has 4 nitrogen and oxygen atoms in total. The number of hydrogen-bond donors (Lipinski definition) is 1. The molecule has 1 aromatic carbocycles. The van der Waals surface area contributed by atoms with E-state index >= 15 is 0 Å². The van der Waals surface area contributed by atoms with Crippen molar-refractivity contribution in [2.24, 2.45) is 5.92 Å². The van der Waals surface area contributed by atoms with Crippen molar-refractivity contribution >= 4 is 17.2 Å². The number of nitrogens with zero attached hydrogens (tertiary/aromatic N) is 2. The molecule has 2 heterocycles. The molecule has 3 aromatic rings. The first-order valence-electron chi connectivity index (χ1n) is 8.14. The molecule has 3 rings (SSSR count). The van der Waals surface area contributed by atoms with Crippen LogP contribution in [0.15, 0.2) is 53.4 Å². The highest BCUT2D eigenvalue weighted by Crippen LogP contribution is 2.22. The van der Waals surface area contributed by atoms with Crippen molar-refractivity contribution in [2.75, 3.05) is 0 Å². The summed E-state index contributed by atoms with van der Waals surface area (Å²) in [5.41, 5.74) is 2.80. The molecule has 1 atom stereocenters. The first-order chi connectivity index (χ1) is 12.0. The van der Waals surface area contributed by atoms with E-state index in [1.54, 1.807) is 34.3 Å². The summed E-state index contributed by atoms with van der Waals surface area (Å²) in [6.45, 7) is 4.20. The predicted octanol–water partition coefficient (Wildman–Crippen LogP) is 4.26. The van der Waals surface area contributed by atoms with Crippen molar-refractivity contribution < 1.29 is 9.18 Å². The second-order valence-corrected chi connectivity index (χ2v) is 7.03.